The topological polar surface area (TPSA) is 62.3 Å². The molecule has 104 valence electrons. The lowest BCUT2D eigenvalue weighted by Gasteiger charge is -2.17. The molecule has 5 heteroatoms. The normalized spacial score (nSPS) is 17.4. The number of hydrogen-bond donors (Lipinski definition) is 2. The Labute approximate surface area is 116 Å². The van der Waals surface area contributed by atoms with Gasteiger partial charge in [0.15, 0.2) is 5.96 Å². The molecule has 20 heavy (non-hydrogen) atoms. The van der Waals surface area contributed by atoms with Crippen LogP contribution in [-0.4, -0.2) is 19.6 Å². The van der Waals surface area contributed by atoms with Gasteiger partial charge in [-0.2, -0.15) is 0 Å². The van der Waals surface area contributed by atoms with E-state index in [1.54, 1.807) is 11.0 Å². The molecule has 0 fully saturated rings. The van der Waals surface area contributed by atoms with E-state index in [4.69, 9.17) is 15.9 Å². The zero-order valence-corrected chi connectivity index (χ0v) is 11.4. The number of ether oxygens (including phenoxy) is 1. The quantitative estimate of drug-likeness (QED) is 0.620. The van der Waals surface area contributed by atoms with Gasteiger partial charge in [0.05, 0.1) is 18.2 Å². The molecular formula is C15H16FN3O. The third-order valence-corrected chi connectivity index (χ3v) is 3.85. The Balaban J connectivity index is 2.38. The van der Waals surface area contributed by atoms with Crippen LogP contribution in [0.5, 0.6) is 5.75 Å². The highest BCUT2D eigenvalue weighted by Crippen LogP contribution is 2.44. The highest BCUT2D eigenvalue weighted by Gasteiger charge is 2.30. The summed E-state index contributed by atoms with van der Waals surface area (Å²) >= 11 is 0. The molecule has 4 nitrogen and oxygen atoms in total. The van der Waals surface area contributed by atoms with Crippen molar-refractivity contribution in [3.05, 3.63) is 35.6 Å². The lowest BCUT2D eigenvalue weighted by molar-refractivity contribution is 0.418. The van der Waals surface area contributed by atoms with Crippen molar-refractivity contribution in [1.29, 1.82) is 5.41 Å². The van der Waals surface area contributed by atoms with E-state index in [-0.39, 0.29) is 17.7 Å². The first-order valence-electron chi connectivity index (χ1n) is 6.45. The molecule has 0 saturated heterocycles. The number of anilines is 1. The molecule has 2 aromatic rings. The van der Waals surface area contributed by atoms with Gasteiger partial charge in [0.25, 0.3) is 0 Å². The maximum Gasteiger partial charge on any atom is 0.192 e. The Morgan fingerprint density at radius 1 is 1.50 bits per heavy atom. The number of methoxy groups -OCH3 is 1. The average Bonchev–Trinajstić information content (AvgIpc) is 2.75. The Hall–Kier alpha value is -2.30. The minimum Gasteiger partial charge on any atom is -0.496 e. The Morgan fingerprint density at radius 3 is 2.90 bits per heavy atom. The number of fused-ring (bicyclic) bond motifs is 3. The second-order valence-corrected chi connectivity index (χ2v) is 5.07. The summed E-state index contributed by atoms with van der Waals surface area (Å²) in [5.41, 5.74) is 7.29. The largest absolute Gasteiger partial charge is 0.496 e. The third-order valence-electron chi connectivity index (χ3n) is 3.85. The molecular weight excluding hydrogens is 257 g/mol. The molecule has 1 unspecified atom stereocenters. The first kappa shape index (κ1) is 12.7. The van der Waals surface area contributed by atoms with Crippen molar-refractivity contribution < 1.29 is 9.13 Å². The molecule has 0 radical (unpaired) electrons. The fraction of sp³-hybridized carbons (Fsp3) is 0.267. The molecule has 0 aliphatic carbocycles. The van der Waals surface area contributed by atoms with Gasteiger partial charge < -0.3 is 15.4 Å². The zero-order chi connectivity index (χ0) is 14.4. The first-order chi connectivity index (χ1) is 9.54. The molecule has 0 amide bonds. The number of nitrogens with zero attached hydrogens (tertiary/aromatic N) is 1. The molecule has 3 rings (SSSR count). The number of nitrogens with one attached hydrogen (secondary N) is 1. The maximum absolute atomic E-state index is 14.4. The highest BCUT2D eigenvalue weighted by molar-refractivity contribution is 6.02. The van der Waals surface area contributed by atoms with E-state index in [0.29, 0.717) is 23.4 Å². The number of guanidine groups is 1. The van der Waals surface area contributed by atoms with Crippen LogP contribution < -0.4 is 15.4 Å². The van der Waals surface area contributed by atoms with Gasteiger partial charge >= 0.3 is 0 Å². The fourth-order valence-corrected chi connectivity index (χ4v) is 3.01. The molecule has 1 atom stereocenters. The average molecular weight is 273 g/mol. The summed E-state index contributed by atoms with van der Waals surface area (Å²) in [5, 5.41) is 8.95. The van der Waals surface area contributed by atoms with Crippen LogP contribution in [0.3, 0.4) is 0 Å². The summed E-state index contributed by atoms with van der Waals surface area (Å²) in [5.74, 6) is 0.300. The van der Waals surface area contributed by atoms with Crippen LogP contribution in [0.2, 0.25) is 0 Å². The van der Waals surface area contributed by atoms with Gasteiger partial charge in [-0.25, -0.2) is 4.39 Å². The van der Waals surface area contributed by atoms with Crippen LogP contribution in [0.25, 0.3) is 10.8 Å². The summed E-state index contributed by atoms with van der Waals surface area (Å²) in [7, 11) is 1.53. The van der Waals surface area contributed by atoms with Crippen LogP contribution in [0, 0.1) is 11.2 Å². The summed E-state index contributed by atoms with van der Waals surface area (Å²) < 4.78 is 19.7. The standard InChI is InChI=1S/C15H16FN3O/c1-8-7-19(15(17)18)11-6-10(16)14-9(13(8)11)4-3-5-12(14)20-2/h3-6,8H,7H2,1-2H3,(H3,17,18). The van der Waals surface area contributed by atoms with E-state index in [1.807, 2.05) is 12.1 Å². The van der Waals surface area contributed by atoms with Crippen LogP contribution >= 0.6 is 0 Å². The van der Waals surface area contributed by atoms with E-state index in [2.05, 4.69) is 6.92 Å². The second kappa shape index (κ2) is 4.37. The van der Waals surface area contributed by atoms with Crippen LogP contribution in [-0.2, 0) is 0 Å². The minimum atomic E-state index is -0.350. The molecule has 0 spiro atoms. The molecule has 3 N–H and O–H groups in total. The van der Waals surface area contributed by atoms with Gasteiger partial charge in [0.1, 0.15) is 11.6 Å². The molecule has 1 aliphatic rings. The van der Waals surface area contributed by atoms with Crippen molar-refractivity contribution in [3.8, 4) is 5.75 Å². The first-order valence-corrected chi connectivity index (χ1v) is 6.45. The van der Waals surface area contributed by atoms with E-state index >= 15 is 0 Å². The van der Waals surface area contributed by atoms with Crippen molar-refractivity contribution in [2.45, 2.75) is 12.8 Å². The number of benzene rings is 2. The van der Waals surface area contributed by atoms with Gasteiger partial charge in [-0.1, -0.05) is 19.1 Å². The van der Waals surface area contributed by atoms with Crippen molar-refractivity contribution in [2.24, 2.45) is 5.73 Å². The number of halogens is 1. The van der Waals surface area contributed by atoms with Crippen LogP contribution in [0.4, 0.5) is 10.1 Å². The maximum atomic E-state index is 14.4. The third kappa shape index (κ3) is 1.62. The van der Waals surface area contributed by atoms with Gasteiger partial charge in [0, 0.05) is 12.5 Å². The Morgan fingerprint density at radius 2 is 2.25 bits per heavy atom. The summed E-state index contributed by atoms with van der Waals surface area (Å²) in [6, 6.07) is 6.94. The van der Waals surface area contributed by atoms with Crippen LogP contribution in [0.1, 0.15) is 18.4 Å². The minimum absolute atomic E-state index is 0.0581. The molecule has 0 saturated carbocycles. The van der Waals surface area contributed by atoms with E-state index in [9.17, 15) is 4.39 Å². The SMILES string of the molecule is COc1cccc2c3c(cc(F)c12)N(C(=N)N)CC3C. The monoisotopic (exact) mass is 273 g/mol. The zero-order valence-electron chi connectivity index (χ0n) is 11.4. The Bertz CT molecular complexity index is 714. The van der Waals surface area contributed by atoms with Gasteiger partial charge in [-0.15, -0.1) is 0 Å². The number of rotatable bonds is 1. The van der Waals surface area contributed by atoms with Gasteiger partial charge in [-0.05, 0) is 23.1 Å². The predicted octanol–water partition coefficient (Wildman–Crippen LogP) is 2.80. The van der Waals surface area contributed by atoms with Crippen molar-refractivity contribution in [2.75, 3.05) is 18.6 Å². The smallest absolute Gasteiger partial charge is 0.192 e. The fourth-order valence-electron chi connectivity index (χ4n) is 3.01. The van der Waals surface area contributed by atoms with Crippen molar-refractivity contribution in [3.63, 3.8) is 0 Å². The summed E-state index contributed by atoms with van der Waals surface area (Å²) in [6.45, 7) is 2.65. The molecule has 0 aromatic heterocycles. The van der Waals surface area contributed by atoms with E-state index in [0.717, 1.165) is 10.9 Å². The van der Waals surface area contributed by atoms with Crippen molar-refractivity contribution >= 4 is 22.4 Å². The molecule has 1 aliphatic heterocycles. The van der Waals surface area contributed by atoms with E-state index in [1.165, 1.54) is 13.2 Å². The van der Waals surface area contributed by atoms with Gasteiger partial charge in [0.2, 0.25) is 0 Å². The highest BCUT2D eigenvalue weighted by atomic mass is 19.1. The lowest BCUT2D eigenvalue weighted by Crippen LogP contribution is -2.35. The molecule has 2 aromatic carbocycles. The number of nitrogens with two attached hydrogens (primary N) is 1. The lowest BCUT2D eigenvalue weighted by atomic mass is 9.95. The van der Waals surface area contributed by atoms with Crippen molar-refractivity contribution in [1.82, 2.24) is 0 Å². The Kier molecular flexibility index (Phi) is 2.78. The van der Waals surface area contributed by atoms with E-state index < -0.39 is 0 Å². The summed E-state index contributed by atoms with van der Waals surface area (Å²) in [4.78, 5) is 1.64. The number of hydrogen-bond acceptors (Lipinski definition) is 2. The summed E-state index contributed by atoms with van der Waals surface area (Å²) in [6.07, 6.45) is 0. The second-order valence-electron chi connectivity index (χ2n) is 5.07. The van der Waals surface area contributed by atoms with Crippen LogP contribution in [0.15, 0.2) is 24.3 Å². The predicted molar refractivity (Wildman–Crippen MR) is 78.1 cm³/mol. The molecule has 1 heterocycles. The van der Waals surface area contributed by atoms with Gasteiger partial charge in [-0.3, -0.25) is 5.41 Å². The molecule has 0 bridgehead atoms.